The number of rotatable bonds is 0. The molecular formula is CCl6CuLi6N. The minimum absolute atomic E-state index is 0. The van der Waals surface area contributed by atoms with Crippen LogP contribution in [0.1, 0.15) is 0 Å². The largest absolute Gasteiger partial charge is 1.00 e. The van der Waals surface area contributed by atoms with E-state index in [1.165, 1.54) is 0 Å². The SMILES string of the molecule is [C-]#N.[Cl-].[Cl-].[Cl-].[Cl-].[Cl][Cu-][Cl].[Li+].[Li+].[Li+].[Li+].[Li+].[Li+]. The van der Waals surface area contributed by atoms with E-state index in [-0.39, 0.29) is 163 Å². The van der Waals surface area contributed by atoms with Crippen LogP contribution in [0.15, 0.2) is 0 Å². The van der Waals surface area contributed by atoms with Gasteiger partial charge in [-0.05, 0) is 0 Å². The summed E-state index contributed by atoms with van der Waals surface area (Å²) in [6.45, 7) is 4.75. The Labute approximate surface area is 204 Å². The summed E-state index contributed by atoms with van der Waals surface area (Å²) in [5.74, 6) is 0. The maximum Gasteiger partial charge on any atom is 1.00 e. The predicted molar refractivity (Wildman–Crippen MR) is 16.7 cm³/mol. The fourth-order valence-electron chi connectivity index (χ4n) is 0. The summed E-state index contributed by atoms with van der Waals surface area (Å²) < 4.78 is 0. The van der Waals surface area contributed by atoms with Gasteiger partial charge in [0, 0.05) is 0 Å². The van der Waals surface area contributed by atoms with Crippen LogP contribution in [0.3, 0.4) is 0 Å². The molecule has 0 saturated heterocycles. The Bertz CT molecular complexity index is 38.8. The number of halogens is 6. The van der Waals surface area contributed by atoms with E-state index in [1.54, 1.807) is 0 Å². The molecule has 1 nitrogen and oxygen atoms in total. The monoisotopic (exact) mass is 341 g/mol. The van der Waals surface area contributed by atoms with Crippen LogP contribution in [0.4, 0.5) is 0 Å². The fraction of sp³-hybridized carbons (Fsp3) is 0. The molecule has 0 N–H and O–H groups in total. The van der Waals surface area contributed by atoms with Crippen LogP contribution in [-0.4, -0.2) is 0 Å². The summed E-state index contributed by atoms with van der Waals surface area (Å²) >= 11 is 0.757. The smallest absolute Gasteiger partial charge is 1.00 e. The van der Waals surface area contributed by atoms with E-state index >= 15 is 0 Å². The minimum Gasteiger partial charge on any atom is 1.00 e. The molecule has 0 rings (SSSR count). The van der Waals surface area contributed by atoms with Crippen LogP contribution in [0.25, 0.3) is 0 Å². The topological polar surface area (TPSA) is 23.8 Å². The minimum atomic E-state index is 0. The van der Waals surface area contributed by atoms with Gasteiger partial charge >= 0.3 is 146 Å². The normalized spacial score (nSPS) is 1.60. The summed E-state index contributed by atoms with van der Waals surface area (Å²) in [6, 6.07) is 0. The van der Waals surface area contributed by atoms with Crippen LogP contribution in [0.5, 0.6) is 0 Å². The summed E-state index contributed by atoms with van der Waals surface area (Å²) in [4.78, 5) is 0. The molecule has 0 radical (unpaired) electrons. The molecule has 0 aromatic heterocycles. The Hall–Kier alpha value is 5.33. The molecule has 0 aromatic rings. The van der Waals surface area contributed by atoms with Gasteiger partial charge in [-0.25, -0.2) is 0 Å². The molecule has 0 spiro atoms. The average molecular weight is 344 g/mol. The first-order valence-electron chi connectivity index (χ1n) is 0.452. The molecule has 0 atom stereocenters. The fourth-order valence-corrected chi connectivity index (χ4v) is 0. The first-order chi connectivity index (χ1) is 2.41. The predicted octanol–water partition coefficient (Wildman–Crippen LogP) is -28.5. The van der Waals surface area contributed by atoms with Crippen molar-refractivity contribution in [2.75, 3.05) is 0 Å². The van der Waals surface area contributed by atoms with Gasteiger partial charge < -0.3 is 61.5 Å². The zero-order valence-electron chi connectivity index (χ0n) is 9.52. The molecule has 0 aliphatic heterocycles. The van der Waals surface area contributed by atoms with Gasteiger partial charge in [-0.2, -0.15) is 0 Å². The number of hydrogen-bond donors (Lipinski definition) is 0. The van der Waals surface area contributed by atoms with Crippen molar-refractivity contribution >= 4 is 20.2 Å². The van der Waals surface area contributed by atoms with Gasteiger partial charge in [-0.15, -0.1) is 0 Å². The van der Waals surface area contributed by atoms with Crippen LogP contribution in [0, 0.1) is 11.8 Å². The third-order valence-corrected chi connectivity index (χ3v) is 0. The standard InChI is InChI=1S/CN.6ClH.Cu.6Li/c1-2;;;;;;;;;;;;;/h;6*1H;;;;;;;/q-1;;;;;;;7*+1/p-6. The molecule has 0 unspecified atom stereocenters. The second kappa shape index (κ2) is 162. The van der Waals surface area contributed by atoms with Crippen molar-refractivity contribution in [1.29, 1.82) is 5.26 Å². The van der Waals surface area contributed by atoms with E-state index in [1.807, 2.05) is 0 Å². The Morgan fingerprint density at radius 2 is 0.600 bits per heavy atom. The average Bonchev–Trinajstić information content (AvgIpc) is 1.46. The van der Waals surface area contributed by atoms with Gasteiger partial charge in [0.15, 0.2) is 0 Å². The Kier molecular flexibility index (Phi) is 1180. The van der Waals surface area contributed by atoms with E-state index in [0.29, 0.717) is 0 Å². The number of hydrogen-bond acceptors (Lipinski definition) is 1. The van der Waals surface area contributed by atoms with Gasteiger partial charge in [0.2, 0.25) is 0 Å². The quantitative estimate of drug-likeness (QED) is 0.316. The molecule has 0 saturated carbocycles. The van der Waals surface area contributed by atoms with Crippen molar-refractivity contribution in [2.45, 2.75) is 0 Å². The van der Waals surface area contributed by atoms with E-state index in [4.69, 9.17) is 11.8 Å². The van der Waals surface area contributed by atoms with Crippen molar-refractivity contribution in [3.05, 3.63) is 6.57 Å². The maximum absolute atomic E-state index is 6.25. The molecule has 0 heterocycles. The van der Waals surface area contributed by atoms with Gasteiger partial charge in [-0.3, -0.25) is 0 Å². The van der Waals surface area contributed by atoms with Crippen molar-refractivity contribution in [1.82, 2.24) is 0 Å². The molecule has 0 aromatic carbocycles. The third kappa shape index (κ3) is 204. The second-order valence-corrected chi connectivity index (χ2v) is 1.60. The van der Waals surface area contributed by atoms with E-state index in [2.05, 4.69) is 20.2 Å². The van der Waals surface area contributed by atoms with E-state index in [9.17, 15) is 0 Å². The van der Waals surface area contributed by atoms with Crippen LogP contribution in [0.2, 0.25) is 0 Å². The number of nitrogens with zero attached hydrogens (tertiary/aromatic N) is 1. The molecule has 0 fully saturated rings. The zero-order chi connectivity index (χ0) is 4.71. The van der Waals surface area contributed by atoms with Gasteiger partial charge in [-0.1, -0.05) is 0 Å². The van der Waals surface area contributed by atoms with E-state index in [0.717, 1.165) is 13.1 Å². The molecule has 15 heavy (non-hydrogen) atoms. The van der Waals surface area contributed by atoms with Crippen molar-refractivity contribution in [2.24, 2.45) is 0 Å². The van der Waals surface area contributed by atoms with Crippen LogP contribution < -0.4 is 163 Å². The molecule has 0 aliphatic rings. The summed E-state index contributed by atoms with van der Waals surface area (Å²) in [7, 11) is 9.34. The Morgan fingerprint density at radius 1 is 0.600 bits per heavy atom. The second-order valence-electron chi connectivity index (χ2n) is 0.0431. The molecule has 0 amide bonds. The molecule has 0 bridgehead atoms. The summed E-state index contributed by atoms with van der Waals surface area (Å²) in [6.07, 6.45) is 0. The van der Waals surface area contributed by atoms with Crippen molar-refractivity contribution < 1.29 is 176 Å². The van der Waals surface area contributed by atoms with Crippen molar-refractivity contribution in [3.63, 3.8) is 0 Å². The van der Waals surface area contributed by atoms with Gasteiger partial charge in [0.1, 0.15) is 0 Å². The summed E-state index contributed by atoms with van der Waals surface area (Å²) in [5.41, 5.74) is 0. The van der Waals surface area contributed by atoms with Crippen LogP contribution in [-0.2, 0) is 13.1 Å². The zero-order valence-corrected chi connectivity index (χ0v) is 15.0. The first kappa shape index (κ1) is 109. The Balaban J connectivity index is -0.000000000731. The van der Waals surface area contributed by atoms with Gasteiger partial charge in [0.05, 0.1) is 0 Å². The molecule has 0 aliphatic carbocycles. The molecular weight excluding hydrogens is 344 g/mol. The van der Waals surface area contributed by atoms with Crippen molar-refractivity contribution in [3.8, 4) is 0 Å². The third-order valence-electron chi connectivity index (χ3n) is 0. The first-order valence-corrected chi connectivity index (χ1v) is 3.04. The maximum atomic E-state index is 6.25. The molecule has 68 valence electrons. The van der Waals surface area contributed by atoms with Gasteiger partial charge in [0.25, 0.3) is 0 Å². The van der Waals surface area contributed by atoms with E-state index < -0.39 is 0 Å². The van der Waals surface area contributed by atoms with Crippen LogP contribution >= 0.6 is 20.2 Å². The summed E-state index contributed by atoms with van der Waals surface area (Å²) in [5, 5.41) is 6.25. The Morgan fingerprint density at radius 3 is 0.600 bits per heavy atom. The molecule has 14 heteroatoms.